The molecule has 1 aliphatic heterocycles. The van der Waals surface area contributed by atoms with Crippen molar-refractivity contribution < 1.29 is 4.74 Å². The Morgan fingerprint density at radius 1 is 1.26 bits per heavy atom. The Balaban J connectivity index is 1.71. The predicted molar refractivity (Wildman–Crippen MR) is 80.4 cm³/mol. The number of nitrogens with zero attached hydrogens (tertiary/aromatic N) is 1. The first kappa shape index (κ1) is 15.3. The molecule has 2 rings (SSSR count). The molecule has 1 N–H and O–H groups in total. The van der Waals surface area contributed by atoms with Crippen LogP contribution < -0.4 is 5.32 Å². The minimum Gasteiger partial charge on any atom is -0.384 e. The maximum absolute atomic E-state index is 5.34. The van der Waals surface area contributed by atoms with Gasteiger partial charge in [-0.3, -0.25) is 4.90 Å². The van der Waals surface area contributed by atoms with E-state index in [1.54, 1.807) is 0 Å². The van der Waals surface area contributed by atoms with Crippen LogP contribution in [0.2, 0.25) is 0 Å². The van der Waals surface area contributed by atoms with Crippen LogP contribution in [0.25, 0.3) is 0 Å². The second-order valence-corrected chi connectivity index (χ2v) is 6.92. The van der Waals surface area contributed by atoms with E-state index >= 15 is 0 Å². The van der Waals surface area contributed by atoms with E-state index in [4.69, 9.17) is 4.74 Å². The van der Waals surface area contributed by atoms with E-state index in [1.165, 1.54) is 45.3 Å². The summed E-state index contributed by atoms with van der Waals surface area (Å²) in [6.45, 7) is 10.5. The van der Waals surface area contributed by atoms with Crippen LogP contribution in [0, 0.1) is 17.8 Å². The van der Waals surface area contributed by atoms with Crippen LogP contribution in [0.4, 0.5) is 0 Å². The fraction of sp³-hybridized carbons (Fsp3) is 1.00. The van der Waals surface area contributed by atoms with Gasteiger partial charge in [-0.05, 0) is 63.1 Å². The van der Waals surface area contributed by atoms with Gasteiger partial charge >= 0.3 is 0 Å². The van der Waals surface area contributed by atoms with Crippen LogP contribution >= 0.6 is 0 Å². The van der Waals surface area contributed by atoms with Crippen molar-refractivity contribution in [1.82, 2.24) is 10.2 Å². The van der Waals surface area contributed by atoms with E-state index in [1.807, 2.05) is 7.11 Å². The van der Waals surface area contributed by atoms with E-state index in [9.17, 15) is 0 Å². The third-order valence-electron chi connectivity index (χ3n) is 4.76. The molecule has 0 radical (unpaired) electrons. The average molecular weight is 268 g/mol. The summed E-state index contributed by atoms with van der Waals surface area (Å²) < 4.78 is 5.34. The van der Waals surface area contributed by atoms with Crippen LogP contribution in [0.5, 0.6) is 0 Å². The molecule has 0 spiro atoms. The number of methoxy groups -OCH3 is 1. The van der Waals surface area contributed by atoms with Gasteiger partial charge in [0.15, 0.2) is 0 Å². The number of hydrogen-bond acceptors (Lipinski definition) is 3. The zero-order valence-corrected chi connectivity index (χ0v) is 13.0. The molecule has 3 unspecified atom stereocenters. The van der Waals surface area contributed by atoms with Gasteiger partial charge in [-0.1, -0.05) is 13.8 Å². The lowest BCUT2D eigenvalue weighted by atomic mass is 9.77. The van der Waals surface area contributed by atoms with Gasteiger partial charge in [-0.25, -0.2) is 0 Å². The molecule has 3 heteroatoms. The quantitative estimate of drug-likeness (QED) is 0.767. The smallest absolute Gasteiger partial charge is 0.0502 e. The van der Waals surface area contributed by atoms with Crippen molar-refractivity contribution in [3.8, 4) is 0 Å². The Kier molecular flexibility index (Phi) is 6.11. The van der Waals surface area contributed by atoms with Crippen molar-refractivity contribution >= 4 is 0 Å². The highest BCUT2D eigenvalue weighted by Crippen LogP contribution is 2.34. The Morgan fingerprint density at radius 2 is 2.11 bits per heavy atom. The van der Waals surface area contributed by atoms with Gasteiger partial charge in [0.25, 0.3) is 0 Å². The van der Waals surface area contributed by atoms with Gasteiger partial charge in [-0.15, -0.1) is 0 Å². The molecule has 1 saturated carbocycles. The van der Waals surface area contributed by atoms with Crippen molar-refractivity contribution in [2.45, 2.75) is 45.6 Å². The molecule has 1 heterocycles. The summed E-state index contributed by atoms with van der Waals surface area (Å²) in [4.78, 5) is 2.75. The number of hydrogen-bond donors (Lipinski definition) is 1. The molecular weight excluding hydrogens is 236 g/mol. The van der Waals surface area contributed by atoms with Crippen LogP contribution in [0.3, 0.4) is 0 Å². The highest BCUT2D eigenvalue weighted by Gasteiger charge is 2.36. The minimum absolute atomic E-state index is 0.764. The molecule has 3 atom stereocenters. The number of piperidine rings is 1. The molecule has 2 aliphatic rings. The molecule has 2 fully saturated rings. The molecule has 0 aromatic heterocycles. The fourth-order valence-corrected chi connectivity index (χ4v) is 3.60. The van der Waals surface area contributed by atoms with Crippen LogP contribution in [0.1, 0.15) is 39.5 Å². The lowest BCUT2D eigenvalue weighted by Gasteiger charge is -2.47. The van der Waals surface area contributed by atoms with Crippen molar-refractivity contribution in [1.29, 1.82) is 0 Å². The molecule has 1 aliphatic carbocycles. The number of rotatable bonds is 7. The second kappa shape index (κ2) is 7.61. The molecule has 1 saturated heterocycles. The monoisotopic (exact) mass is 268 g/mol. The summed E-state index contributed by atoms with van der Waals surface area (Å²) in [6, 6.07) is 0.847. The Morgan fingerprint density at radius 3 is 2.74 bits per heavy atom. The van der Waals surface area contributed by atoms with Crippen molar-refractivity contribution in [3.05, 3.63) is 0 Å². The predicted octanol–water partition coefficient (Wildman–Crippen LogP) is 2.37. The number of ether oxygens (including phenoxy) is 1. The maximum atomic E-state index is 5.34. The summed E-state index contributed by atoms with van der Waals surface area (Å²) in [7, 11) is 1.83. The van der Waals surface area contributed by atoms with Gasteiger partial charge < -0.3 is 10.1 Å². The maximum Gasteiger partial charge on any atom is 0.0502 e. The van der Waals surface area contributed by atoms with E-state index in [0.29, 0.717) is 0 Å². The van der Waals surface area contributed by atoms with Crippen LogP contribution in [0.15, 0.2) is 0 Å². The van der Waals surface area contributed by atoms with Gasteiger partial charge in [0.2, 0.25) is 0 Å². The fourth-order valence-electron chi connectivity index (χ4n) is 3.60. The Bertz CT molecular complexity index is 255. The molecule has 0 aromatic carbocycles. The van der Waals surface area contributed by atoms with Gasteiger partial charge in [-0.2, -0.15) is 0 Å². The Labute approximate surface area is 119 Å². The van der Waals surface area contributed by atoms with Crippen LogP contribution in [-0.4, -0.2) is 50.8 Å². The second-order valence-electron chi connectivity index (χ2n) is 6.92. The van der Waals surface area contributed by atoms with Crippen molar-refractivity contribution in [2.24, 2.45) is 17.8 Å². The normalized spacial score (nSPS) is 32.5. The third kappa shape index (κ3) is 4.44. The van der Waals surface area contributed by atoms with E-state index in [2.05, 4.69) is 24.1 Å². The summed E-state index contributed by atoms with van der Waals surface area (Å²) >= 11 is 0. The summed E-state index contributed by atoms with van der Waals surface area (Å²) in [5, 5.41) is 3.64. The molecule has 0 bridgehead atoms. The average Bonchev–Trinajstić information content (AvgIpc) is 2.34. The number of likely N-dealkylation sites (tertiary alicyclic amines) is 1. The Hall–Kier alpha value is -0.120. The van der Waals surface area contributed by atoms with E-state index < -0.39 is 0 Å². The van der Waals surface area contributed by atoms with E-state index in [0.717, 1.165) is 36.9 Å². The first-order valence-corrected chi connectivity index (χ1v) is 8.14. The topological polar surface area (TPSA) is 24.5 Å². The zero-order valence-electron chi connectivity index (χ0n) is 13.0. The summed E-state index contributed by atoms with van der Waals surface area (Å²) in [5.41, 5.74) is 0. The molecule has 19 heavy (non-hydrogen) atoms. The van der Waals surface area contributed by atoms with E-state index in [-0.39, 0.29) is 0 Å². The van der Waals surface area contributed by atoms with Gasteiger partial charge in [0.05, 0.1) is 6.61 Å². The highest BCUT2D eigenvalue weighted by molar-refractivity contribution is 4.92. The minimum atomic E-state index is 0.764. The van der Waals surface area contributed by atoms with Crippen molar-refractivity contribution in [3.63, 3.8) is 0 Å². The highest BCUT2D eigenvalue weighted by atomic mass is 16.5. The number of nitrogens with one attached hydrogen (secondary N) is 1. The SMILES string of the molecule is COCC1CCCN(C2CCC2CNCC(C)C)C1. The third-order valence-corrected chi connectivity index (χ3v) is 4.76. The molecular formula is C16H32N2O. The standard InChI is InChI=1S/C16H32N2O/c1-13(2)9-17-10-15-6-7-16(15)18-8-4-5-14(11-18)12-19-3/h13-17H,4-12H2,1-3H3. The van der Waals surface area contributed by atoms with Gasteiger partial charge in [0, 0.05) is 19.7 Å². The first-order valence-electron chi connectivity index (χ1n) is 8.14. The van der Waals surface area contributed by atoms with Crippen molar-refractivity contribution in [2.75, 3.05) is 39.9 Å². The van der Waals surface area contributed by atoms with Gasteiger partial charge in [0.1, 0.15) is 0 Å². The molecule has 0 amide bonds. The molecule has 3 nitrogen and oxygen atoms in total. The lowest BCUT2D eigenvalue weighted by molar-refractivity contribution is 0.0104. The first-order chi connectivity index (χ1) is 9.20. The molecule has 0 aromatic rings. The zero-order chi connectivity index (χ0) is 13.7. The summed E-state index contributed by atoms with van der Waals surface area (Å²) in [6.07, 6.45) is 5.54. The lowest BCUT2D eigenvalue weighted by Crippen LogP contribution is -2.54. The van der Waals surface area contributed by atoms with Crippen LogP contribution in [-0.2, 0) is 4.74 Å². The largest absolute Gasteiger partial charge is 0.384 e. The molecule has 112 valence electrons. The summed E-state index contributed by atoms with van der Waals surface area (Å²) in [5.74, 6) is 2.42.